The number of carbonyl (C=O) groups excluding carboxylic acids is 1. The normalized spacial score (nSPS) is 11.3. The molecule has 3 nitrogen and oxygen atoms in total. The van der Waals surface area contributed by atoms with Gasteiger partial charge in [0.1, 0.15) is 0 Å². The molecule has 0 aliphatic rings. The van der Waals surface area contributed by atoms with Gasteiger partial charge in [-0.15, -0.1) is 0 Å². The number of carbonyl (C=O) groups is 1. The van der Waals surface area contributed by atoms with Crippen molar-refractivity contribution in [2.45, 2.75) is 0 Å². The van der Waals surface area contributed by atoms with E-state index in [-0.39, 0.29) is 5.78 Å². The SMILES string of the molecule is Cn1ncc(Cl)c1/C=C/C(=O)c1ccc2ccccc2c1. The minimum Gasteiger partial charge on any atom is -0.289 e. The van der Waals surface area contributed by atoms with Crippen molar-refractivity contribution >= 4 is 34.2 Å². The van der Waals surface area contributed by atoms with Gasteiger partial charge >= 0.3 is 0 Å². The van der Waals surface area contributed by atoms with Crippen molar-refractivity contribution in [1.82, 2.24) is 9.78 Å². The third kappa shape index (κ3) is 2.73. The molecule has 3 aromatic rings. The van der Waals surface area contributed by atoms with Crippen LogP contribution in [0.4, 0.5) is 0 Å². The number of allylic oxidation sites excluding steroid dienone is 1. The van der Waals surface area contributed by atoms with Crippen LogP contribution in [0.3, 0.4) is 0 Å². The Bertz CT molecular complexity index is 829. The van der Waals surface area contributed by atoms with Crippen LogP contribution in [0, 0.1) is 0 Å². The summed E-state index contributed by atoms with van der Waals surface area (Å²) in [4.78, 5) is 12.2. The van der Waals surface area contributed by atoms with Gasteiger partial charge in [0.25, 0.3) is 0 Å². The monoisotopic (exact) mass is 296 g/mol. The number of nitrogens with zero attached hydrogens (tertiary/aromatic N) is 2. The number of fused-ring (bicyclic) bond motifs is 1. The van der Waals surface area contributed by atoms with E-state index in [1.54, 1.807) is 24.0 Å². The van der Waals surface area contributed by atoms with Crippen molar-refractivity contribution in [2.24, 2.45) is 7.05 Å². The molecule has 0 radical (unpaired) electrons. The molecule has 0 aliphatic heterocycles. The Morgan fingerprint density at radius 1 is 1.19 bits per heavy atom. The summed E-state index contributed by atoms with van der Waals surface area (Å²) >= 11 is 6.01. The van der Waals surface area contributed by atoms with Crippen molar-refractivity contribution in [3.8, 4) is 0 Å². The van der Waals surface area contributed by atoms with E-state index in [1.807, 2.05) is 42.5 Å². The van der Waals surface area contributed by atoms with E-state index in [1.165, 1.54) is 6.08 Å². The first-order chi connectivity index (χ1) is 10.1. The molecule has 2 aromatic carbocycles. The second kappa shape index (κ2) is 5.54. The summed E-state index contributed by atoms with van der Waals surface area (Å²) in [6.45, 7) is 0. The zero-order valence-corrected chi connectivity index (χ0v) is 12.2. The summed E-state index contributed by atoms with van der Waals surface area (Å²) in [7, 11) is 1.78. The van der Waals surface area contributed by atoms with Crippen LogP contribution in [0.2, 0.25) is 5.02 Å². The van der Waals surface area contributed by atoms with E-state index in [4.69, 9.17) is 11.6 Å². The van der Waals surface area contributed by atoms with Crippen LogP contribution >= 0.6 is 11.6 Å². The highest BCUT2D eigenvalue weighted by Crippen LogP contribution is 2.18. The second-order valence-electron chi connectivity index (χ2n) is 4.76. The topological polar surface area (TPSA) is 34.9 Å². The molecule has 3 rings (SSSR count). The molecule has 0 saturated carbocycles. The van der Waals surface area contributed by atoms with Gasteiger partial charge in [-0.25, -0.2) is 0 Å². The Labute approximate surface area is 127 Å². The van der Waals surface area contributed by atoms with Gasteiger partial charge in [-0.3, -0.25) is 9.48 Å². The maximum atomic E-state index is 12.2. The molecule has 1 aromatic heterocycles. The number of benzene rings is 2. The van der Waals surface area contributed by atoms with E-state index >= 15 is 0 Å². The van der Waals surface area contributed by atoms with Gasteiger partial charge < -0.3 is 0 Å². The average molecular weight is 297 g/mol. The molecular formula is C17H13ClN2O. The summed E-state index contributed by atoms with van der Waals surface area (Å²) < 4.78 is 1.63. The fraction of sp³-hybridized carbons (Fsp3) is 0.0588. The Morgan fingerprint density at radius 2 is 1.95 bits per heavy atom. The van der Waals surface area contributed by atoms with Crippen LogP contribution in [0.25, 0.3) is 16.8 Å². The first kappa shape index (κ1) is 13.6. The second-order valence-corrected chi connectivity index (χ2v) is 5.17. The number of aromatic nitrogens is 2. The Kier molecular flexibility index (Phi) is 3.59. The van der Waals surface area contributed by atoms with Gasteiger partial charge in [0.15, 0.2) is 5.78 Å². The van der Waals surface area contributed by atoms with Gasteiger partial charge in [-0.1, -0.05) is 48.0 Å². The molecule has 0 N–H and O–H groups in total. The quantitative estimate of drug-likeness (QED) is 0.538. The highest BCUT2D eigenvalue weighted by Gasteiger charge is 2.06. The summed E-state index contributed by atoms with van der Waals surface area (Å²) in [5.41, 5.74) is 1.37. The zero-order chi connectivity index (χ0) is 14.8. The maximum absolute atomic E-state index is 12.2. The molecule has 0 saturated heterocycles. The molecular weight excluding hydrogens is 284 g/mol. The lowest BCUT2D eigenvalue weighted by atomic mass is 10.0. The van der Waals surface area contributed by atoms with Crippen molar-refractivity contribution in [1.29, 1.82) is 0 Å². The highest BCUT2D eigenvalue weighted by atomic mass is 35.5. The third-order valence-corrected chi connectivity index (χ3v) is 3.66. The molecule has 1 heterocycles. The van der Waals surface area contributed by atoms with Crippen molar-refractivity contribution in [2.75, 3.05) is 0 Å². The number of aryl methyl sites for hydroxylation is 1. The van der Waals surface area contributed by atoms with Crippen LogP contribution in [0.5, 0.6) is 0 Å². The van der Waals surface area contributed by atoms with Crippen LogP contribution in [-0.4, -0.2) is 15.6 Å². The maximum Gasteiger partial charge on any atom is 0.185 e. The summed E-state index contributed by atoms with van der Waals surface area (Å²) in [5.74, 6) is -0.0574. The minimum absolute atomic E-state index is 0.0574. The molecule has 0 bridgehead atoms. The number of hydrogen-bond acceptors (Lipinski definition) is 2. The van der Waals surface area contributed by atoms with Crippen LogP contribution in [0.1, 0.15) is 16.1 Å². The molecule has 0 spiro atoms. The minimum atomic E-state index is -0.0574. The highest BCUT2D eigenvalue weighted by molar-refractivity contribution is 6.31. The molecule has 21 heavy (non-hydrogen) atoms. The summed E-state index contributed by atoms with van der Waals surface area (Å²) in [6, 6.07) is 13.6. The van der Waals surface area contributed by atoms with Gasteiger partial charge in [0.05, 0.1) is 16.9 Å². The van der Waals surface area contributed by atoms with E-state index in [0.29, 0.717) is 16.3 Å². The molecule has 0 aliphatic carbocycles. The van der Waals surface area contributed by atoms with Gasteiger partial charge in [-0.2, -0.15) is 5.10 Å². The predicted octanol–water partition coefficient (Wildman–Crippen LogP) is 4.12. The molecule has 0 amide bonds. The van der Waals surface area contributed by atoms with Crippen LogP contribution in [-0.2, 0) is 7.05 Å². The Morgan fingerprint density at radius 3 is 2.67 bits per heavy atom. The number of ketones is 1. The fourth-order valence-electron chi connectivity index (χ4n) is 2.20. The smallest absolute Gasteiger partial charge is 0.185 e. The van der Waals surface area contributed by atoms with Crippen LogP contribution < -0.4 is 0 Å². The van der Waals surface area contributed by atoms with Crippen molar-refractivity contribution in [3.63, 3.8) is 0 Å². The first-order valence-corrected chi connectivity index (χ1v) is 6.91. The van der Waals surface area contributed by atoms with Gasteiger partial charge in [0.2, 0.25) is 0 Å². The zero-order valence-electron chi connectivity index (χ0n) is 11.5. The first-order valence-electron chi connectivity index (χ1n) is 6.54. The molecule has 4 heteroatoms. The number of halogens is 1. The largest absolute Gasteiger partial charge is 0.289 e. The Hall–Kier alpha value is -2.39. The van der Waals surface area contributed by atoms with E-state index < -0.39 is 0 Å². The molecule has 0 fully saturated rings. The molecule has 104 valence electrons. The van der Waals surface area contributed by atoms with Crippen molar-refractivity contribution < 1.29 is 4.79 Å². The lowest BCUT2D eigenvalue weighted by molar-refractivity contribution is 0.104. The standard InChI is InChI=1S/C17H13ClN2O/c1-20-16(15(18)11-19-20)8-9-17(21)14-7-6-12-4-2-3-5-13(12)10-14/h2-11H,1H3/b9-8+. The number of hydrogen-bond donors (Lipinski definition) is 0. The molecule has 0 atom stereocenters. The van der Waals surface area contributed by atoms with Gasteiger partial charge in [-0.05, 0) is 29.0 Å². The average Bonchev–Trinajstić information content (AvgIpc) is 2.83. The number of rotatable bonds is 3. The van der Waals surface area contributed by atoms with Crippen LogP contribution in [0.15, 0.2) is 54.7 Å². The van der Waals surface area contributed by atoms with E-state index in [9.17, 15) is 4.79 Å². The molecule has 0 unspecified atom stereocenters. The predicted molar refractivity (Wildman–Crippen MR) is 85.5 cm³/mol. The van der Waals surface area contributed by atoms with E-state index in [0.717, 1.165) is 10.8 Å². The summed E-state index contributed by atoms with van der Waals surface area (Å²) in [5, 5.41) is 6.73. The van der Waals surface area contributed by atoms with Gasteiger partial charge in [0, 0.05) is 12.6 Å². The summed E-state index contributed by atoms with van der Waals surface area (Å²) in [6.07, 6.45) is 4.77. The third-order valence-electron chi connectivity index (χ3n) is 3.36. The fourth-order valence-corrected chi connectivity index (χ4v) is 2.43. The lowest BCUT2D eigenvalue weighted by Crippen LogP contribution is -1.96. The lowest BCUT2D eigenvalue weighted by Gasteiger charge is -2.00. The van der Waals surface area contributed by atoms with E-state index in [2.05, 4.69) is 5.10 Å². The Balaban J connectivity index is 1.90. The van der Waals surface area contributed by atoms with Crippen molar-refractivity contribution in [3.05, 3.63) is 71.0 Å².